The highest BCUT2D eigenvalue weighted by atomic mass is 31.2. The van der Waals surface area contributed by atoms with Crippen molar-refractivity contribution in [2.75, 3.05) is 40.9 Å². The Morgan fingerprint density at radius 3 is 1.21 bits per heavy atom. The minimum atomic E-state index is -4.36. The fourth-order valence-corrected chi connectivity index (χ4v) is 8.82. The Morgan fingerprint density at radius 1 is 0.461 bits per heavy atom. The number of aliphatic hydroxyl groups excluding tert-OH is 1. The minimum absolute atomic E-state index is 0.0481. The van der Waals surface area contributed by atoms with E-state index in [0.717, 1.165) is 96.3 Å². The number of amides is 1. The first-order valence-electron chi connectivity index (χ1n) is 30.6. The van der Waals surface area contributed by atoms with Crippen LogP contribution < -0.4 is 5.32 Å². The van der Waals surface area contributed by atoms with Crippen molar-refractivity contribution in [3.8, 4) is 0 Å². The molecule has 1 amide bonds. The van der Waals surface area contributed by atoms with Crippen molar-refractivity contribution in [2.24, 2.45) is 0 Å². The van der Waals surface area contributed by atoms with E-state index in [4.69, 9.17) is 9.05 Å². The molecule has 0 heterocycles. The zero-order valence-electron chi connectivity index (χ0n) is 49.4. The van der Waals surface area contributed by atoms with Crippen molar-refractivity contribution in [3.05, 3.63) is 134 Å². The smallest absolute Gasteiger partial charge is 0.387 e. The number of phosphoric ester groups is 1. The quantitative estimate of drug-likeness (QED) is 0.0243. The highest BCUT2D eigenvalue weighted by Gasteiger charge is 2.27. The molecule has 0 aliphatic carbocycles. The standard InChI is InChI=1S/C67H115N2O6P/c1-6-8-10-12-14-16-18-20-22-23-24-25-26-27-28-29-30-31-32-33-34-35-36-37-38-39-40-41-42-43-44-45-47-49-51-53-55-57-59-61-67(71)68-65(64-75-76(72,73)74-63-62-69(3,4)5)66(70)60-58-56-54-52-50-48-46-21-19-17-15-13-11-9-7-2/h8,10,14,16,19-22,24-25,27-28,30-31,33-34,36-37,50,52,58,60,65-66,70H,6-7,9,11-13,15,17-18,23,26,29,32,35,38-49,51,53-57,59,61-64H2,1-5H3,(H-,68,71,72,73)/p+1/b10-8-,16-14-,21-19+,22-20-,25-24-,28-27-,31-30-,34-33-,37-36-,52-50+,60-58+. The molecule has 0 aromatic heterocycles. The van der Waals surface area contributed by atoms with Gasteiger partial charge in [-0.15, -0.1) is 0 Å². The topological polar surface area (TPSA) is 105 Å². The summed E-state index contributed by atoms with van der Waals surface area (Å²) < 4.78 is 23.7. The number of hydrogen-bond donors (Lipinski definition) is 3. The molecule has 434 valence electrons. The second kappa shape index (κ2) is 56.4. The third-order valence-corrected chi connectivity index (χ3v) is 13.8. The van der Waals surface area contributed by atoms with Crippen LogP contribution in [0.3, 0.4) is 0 Å². The van der Waals surface area contributed by atoms with Crippen LogP contribution in [0.25, 0.3) is 0 Å². The fourth-order valence-electron chi connectivity index (χ4n) is 8.09. The van der Waals surface area contributed by atoms with Gasteiger partial charge in [0.15, 0.2) is 0 Å². The molecule has 0 aliphatic heterocycles. The van der Waals surface area contributed by atoms with Crippen LogP contribution in [0, 0.1) is 0 Å². The van der Waals surface area contributed by atoms with Crippen LogP contribution in [-0.2, 0) is 18.4 Å². The molecule has 3 unspecified atom stereocenters. The number of nitrogens with one attached hydrogen (secondary N) is 1. The molecule has 9 heteroatoms. The summed E-state index contributed by atoms with van der Waals surface area (Å²) in [7, 11) is 1.53. The van der Waals surface area contributed by atoms with Gasteiger partial charge in [0.2, 0.25) is 5.91 Å². The maximum Gasteiger partial charge on any atom is 0.472 e. The molecule has 0 radical (unpaired) electrons. The van der Waals surface area contributed by atoms with E-state index < -0.39 is 20.0 Å². The molecule has 3 N–H and O–H groups in total. The second-order valence-corrected chi connectivity index (χ2v) is 22.8. The van der Waals surface area contributed by atoms with Gasteiger partial charge in [0.1, 0.15) is 13.2 Å². The van der Waals surface area contributed by atoms with Crippen molar-refractivity contribution in [2.45, 2.75) is 244 Å². The van der Waals surface area contributed by atoms with Crippen LogP contribution in [0.15, 0.2) is 134 Å². The van der Waals surface area contributed by atoms with Crippen LogP contribution >= 0.6 is 7.82 Å². The zero-order valence-corrected chi connectivity index (χ0v) is 50.3. The summed E-state index contributed by atoms with van der Waals surface area (Å²) in [6.07, 6.45) is 85.7. The average molecular weight is 1080 g/mol. The molecule has 8 nitrogen and oxygen atoms in total. The highest BCUT2D eigenvalue weighted by Crippen LogP contribution is 2.43. The first-order chi connectivity index (χ1) is 37.0. The van der Waals surface area contributed by atoms with E-state index in [0.29, 0.717) is 17.4 Å². The van der Waals surface area contributed by atoms with Crippen molar-refractivity contribution in [1.29, 1.82) is 0 Å². The monoisotopic (exact) mass is 1080 g/mol. The normalized spacial score (nSPS) is 14.8. The van der Waals surface area contributed by atoms with E-state index in [1.807, 2.05) is 27.2 Å². The second-order valence-electron chi connectivity index (χ2n) is 21.3. The number of aliphatic hydroxyl groups is 1. The lowest BCUT2D eigenvalue weighted by molar-refractivity contribution is -0.870. The molecule has 76 heavy (non-hydrogen) atoms. The molecule has 3 atom stereocenters. The molecule has 0 saturated carbocycles. The fraction of sp³-hybridized carbons (Fsp3) is 0.657. The third-order valence-electron chi connectivity index (χ3n) is 12.8. The number of phosphoric acid groups is 1. The first-order valence-corrected chi connectivity index (χ1v) is 32.1. The van der Waals surface area contributed by atoms with Crippen molar-refractivity contribution in [3.63, 3.8) is 0 Å². The molecule has 0 fully saturated rings. The van der Waals surface area contributed by atoms with Gasteiger partial charge in [-0.3, -0.25) is 13.8 Å². The molecule has 0 bridgehead atoms. The molecule has 0 spiro atoms. The summed E-state index contributed by atoms with van der Waals surface area (Å²) in [5, 5.41) is 13.9. The Labute approximate surface area is 468 Å². The number of rotatable bonds is 54. The van der Waals surface area contributed by atoms with Crippen LogP contribution in [0.2, 0.25) is 0 Å². The zero-order chi connectivity index (χ0) is 55.6. The number of hydrogen-bond acceptors (Lipinski definition) is 5. The van der Waals surface area contributed by atoms with E-state index in [-0.39, 0.29) is 19.1 Å². The predicted octanol–water partition coefficient (Wildman–Crippen LogP) is 19.1. The Kier molecular flexibility index (Phi) is 53.9. The van der Waals surface area contributed by atoms with Crippen molar-refractivity contribution in [1.82, 2.24) is 5.32 Å². The maximum atomic E-state index is 13.0. The molecular weight excluding hydrogens is 960 g/mol. The van der Waals surface area contributed by atoms with Crippen molar-refractivity contribution < 1.29 is 32.9 Å². The Morgan fingerprint density at radius 2 is 0.803 bits per heavy atom. The van der Waals surface area contributed by atoms with E-state index in [1.54, 1.807) is 6.08 Å². The van der Waals surface area contributed by atoms with Gasteiger partial charge < -0.3 is 19.8 Å². The van der Waals surface area contributed by atoms with Gasteiger partial charge in [0, 0.05) is 6.42 Å². The van der Waals surface area contributed by atoms with Gasteiger partial charge >= 0.3 is 7.82 Å². The Balaban J connectivity index is 4.09. The van der Waals surface area contributed by atoms with Gasteiger partial charge in [0.05, 0.1) is 39.9 Å². The van der Waals surface area contributed by atoms with Gasteiger partial charge in [0.25, 0.3) is 0 Å². The molecule has 0 aliphatic rings. The van der Waals surface area contributed by atoms with Crippen LogP contribution in [0.4, 0.5) is 0 Å². The summed E-state index contributed by atoms with van der Waals surface area (Å²) in [5.41, 5.74) is 0. The summed E-state index contributed by atoms with van der Waals surface area (Å²) in [4.78, 5) is 23.3. The average Bonchev–Trinajstić information content (AvgIpc) is 3.38. The number of nitrogens with zero attached hydrogens (tertiary/aromatic N) is 1. The third kappa shape index (κ3) is 58.3. The molecule has 0 rings (SSSR count). The number of carbonyl (C=O) groups excluding carboxylic acids is 1. The lowest BCUT2D eigenvalue weighted by atomic mass is 10.0. The van der Waals surface area contributed by atoms with Crippen LogP contribution in [0.1, 0.15) is 232 Å². The minimum Gasteiger partial charge on any atom is -0.387 e. The van der Waals surface area contributed by atoms with Crippen molar-refractivity contribution >= 4 is 13.7 Å². The van der Waals surface area contributed by atoms with E-state index >= 15 is 0 Å². The summed E-state index contributed by atoms with van der Waals surface area (Å²) in [6, 6.07) is -0.877. The largest absolute Gasteiger partial charge is 0.472 e. The number of carbonyl (C=O) groups is 1. The lowest BCUT2D eigenvalue weighted by Crippen LogP contribution is -2.45. The molecular formula is C67H116N2O6P+. The summed E-state index contributed by atoms with van der Waals surface area (Å²) in [6.45, 7) is 4.64. The summed E-state index contributed by atoms with van der Waals surface area (Å²) >= 11 is 0. The lowest BCUT2D eigenvalue weighted by Gasteiger charge is -2.25. The molecule has 0 aromatic carbocycles. The maximum absolute atomic E-state index is 13.0. The van der Waals surface area contributed by atoms with Crippen LogP contribution in [0.5, 0.6) is 0 Å². The van der Waals surface area contributed by atoms with Gasteiger partial charge in [-0.2, -0.15) is 0 Å². The number of allylic oxidation sites excluding steroid dienone is 21. The van der Waals surface area contributed by atoms with E-state index in [9.17, 15) is 19.4 Å². The summed E-state index contributed by atoms with van der Waals surface area (Å²) in [5.74, 6) is -0.197. The first kappa shape index (κ1) is 72.6. The Bertz CT molecular complexity index is 1700. The van der Waals surface area contributed by atoms with Gasteiger partial charge in [-0.05, 0) is 109 Å². The molecule has 0 saturated heterocycles. The van der Waals surface area contributed by atoms with E-state index in [2.05, 4.69) is 141 Å². The molecule has 0 aromatic rings. The number of unbranched alkanes of at least 4 members (excludes halogenated alkanes) is 21. The van der Waals surface area contributed by atoms with Crippen LogP contribution in [-0.4, -0.2) is 73.4 Å². The van der Waals surface area contributed by atoms with E-state index in [1.165, 1.54) is 116 Å². The number of likely N-dealkylation sites (N-methyl/N-ethyl adjacent to an activating group) is 1. The predicted molar refractivity (Wildman–Crippen MR) is 331 cm³/mol. The van der Waals surface area contributed by atoms with Gasteiger partial charge in [-0.1, -0.05) is 250 Å². The SMILES string of the molecule is CC/C=C\C/C=C\C/C=C\C/C=C\C/C=C\C/C=C\C/C=C\C/C=C\CCCCCCCCCCCCCCCCC(=O)NC(COP(=O)(O)OCC[N+](C)(C)C)C(O)/C=C/CC/C=C/CC/C=C/CCCCCCC. The number of quaternary nitrogens is 1. The Hall–Kier alpha value is -3.36. The highest BCUT2D eigenvalue weighted by molar-refractivity contribution is 7.47. The van der Waals surface area contributed by atoms with Gasteiger partial charge in [-0.25, -0.2) is 4.57 Å².